The number of hydrogen-bond donors (Lipinski definition) is 2. The topological polar surface area (TPSA) is 73.6 Å². The second-order valence-electron chi connectivity index (χ2n) is 3.65. The second-order valence-corrected chi connectivity index (χ2v) is 4.06. The Labute approximate surface area is 115 Å². The first-order valence-electron chi connectivity index (χ1n) is 5.38. The number of benzene rings is 1. The minimum absolute atomic E-state index is 0.0520. The van der Waals surface area contributed by atoms with Gasteiger partial charge in [0.15, 0.2) is 0 Å². The Morgan fingerprint density at radius 3 is 2.84 bits per heavy atom. The van der Waals surface area contributed by atoms with Crippen LogP contribution in [0.4, 0.5) is 0 Å². The molecule has 0 fully saturated rings. The molecule has 2 rings (SSSR count). The molecule has 2 aromatic rings. The minimum atomic E-state index is -1.03. The monoisotopic (exact) mass is 280 g/mol. The Bertz CT molecular complexity index is 597. The van der Waals surface area contributed by atoms with Crippen molar-refractivity contribution in [3.8, 4) is 11.6 Å². The van der Waals surface area contributed by atoms with Crippen LogP contribution in [0.1, 0.15) is 15.9 Å². The second kappa shape index (κ2) is 5.66. The number of methoxy groups -OCH3 is 1. The fourth-order valence-corrected chi connectivity index (χ4v) is 1.78. The number of carboxylic acids is 1. The van der Waals surface area contributed by atoms with E-state index in [9.17, 15) is 4.79 Å². The van der Waals surface area contributed by atoms with Crippen molar-refractivity contribution in [2.75, 3.05) is 7.11 Å². The maximum Gasteiger partial charge on any atom is 0.336 e. The van der Waals surface area contributed by atoms with E-state index in [1.54, 1.807) is 24.4 Å². The molecule has 19 heavy (non-hydrogen) atoms. The molecule has 0 spiro atoms. The van der Waals surface area contributed by atoms with Crippen molar-refractivity contribution < 1.29 is 19.4 Å². The number of aromatic carboxylic acids is 1. The highest BCUT2D eigenvalue weighted by Crippen LogP contribution is 2.24. The van der Waals surface area contributed by atoms with Crippen molar-refractivity contribution in [3.63, 3.8) is 0 Å². The van der Waals surface area contributed by atoms with Gasteiger partial charge in [-0.1, -0.05) is 6.07 Å². The van der Waals surface area contributed by atoms with Crippen molar-refractivity contribution in [2.45, 2.75) is 6.61 Å². The van der Waals surface area contributed by atoms with Crippen LogP contribution in [-0.2, 0) is 6.61 Å². The molecule has 0 aliphatic rings. The van der Waals surface area contributed by atoms with E-state index in [-0.39, 0.29) is 12.2 Å². The molecule has 0 bridgehead atoms. The van der Waals surface area contributed by atoms with Crippen molar-refractivity contribution in [1.29, 1.82) is 0 Å². The van der Waals surface area contributed by atoms with Crippen LogP contribution in [0.5, 0.6) is 11.6 Å². The molecular weight excluding hydrogens is 268 g/mol. The quantitative estimate of drug-likeness (QED) is 0.818. The summed E-state index contributed by atoms with van der Waals surface area (Å²) in [5.74, 6) is -0.209. The molecule has 6 nitrogen and oxygen atoms in total. The molecule has 1 heterocycles. The molecule has 0 atom stereocenters. The van der Waals surface area contributed by atoms with Gasteiger partial charge in [-0.15, -0.1) is 5.10 Å². The maximum absolute atomic E-state index is 11.2. The van der Waals surface area contributed by atoms with Gasteiger partial charge in [0.05, 0.1) is 12.7 Å². The van der Waals surface area contributed by atoms with Crippen LogP contribution in [0.25, 0.3) is 0 Å². The third-order valence-corrected chi connectivity index (χ3v) is 2.72. The van der Waals surface area contributed by atoms with Gasteiger partial charge in [0.2, 0.25) is 5.88 Å². The first kappa shape index (κ1) is 13.3. The van der Waals surface area contributed by atoms with Gasteiger partial charge in [0.25, 0.3) is 0 Å². The first-order valence-corrected chi connectivity index (χ1v) is 5.78. The minimum Gasteiger partial charge on any atom is -0.496 e. The molecule has 0 radical (unpaired) electrons. The fourth-order valence-electron chi connectivity index (χ4n) is 1.63. The van der Waals surface area contributed by atoms with Crippen LogP contribution in [-0.4, -0.2) is 27.4 Å². The van der Waals surface area contributed by atoms with E-state index in [1.807, 2.05) is 0 Å². The molecule has 1 N–H and O–H groups in total. The Morgan fingerprint density at radius 2 is 2.26 bits per heavy atom. The van der Waals surface area contributed by atoms with Gasteiger partial charge in [-0.05, 0) is 24.9 Å². The van der Waals surface area contributed by atoms with Gasteiger partial charge in [0.1, 0.15) is 12.4 Å². The summed E-state index contributed by atoms with van der Waals surface area (Å²) in [4.78, 5) is 11.2. The van der Waals surface area contributed by atoms with Crippen molar-refractivity contribution >= 4 is 18.8 Å². The highest BCUT2D eigenvalue weighted by Gasteiger charge is 2.15. The van der Waals surface area contributed by atoms with Crippen LogP contribution in [0.2, 0.25) is 0 Å². The lowest BCUT2D eigenvalue weighted by Crippen LogP contribution is -2.07. The summed E-state index contributed by atoms with van der Waals surface area (Å²) >= 11 is 3.98. The standard InChI is InChI=1S/C12H12N2O4S/c1-17-10-4-2-3-8(12(15)16)9(10)7-18-11-5-6-14(19)13-11/h2-6,19H,7H2,1H3,(H,15,16). The predicted molar refractivity (Wildman–Crippen MR) is 70.9 cm³/mol. The van der Waals surface area contributed by atoms with Gasteiger partial charge in [-0.2, -0.15) is 0 Å². The summed E-state index contributed by atoms with van der Waals surface area (Å²) in [6, 6.07) is 6.43. The van der Waals surface area contributed by atoms with Crippen LogP contribution < -0.4 is 9.47 Å². The zero-order chi connectivity index (χ0) is 13.8. The molecular formula is C12H12N2O4S. The number of nitrogens with zero attached hydrogens (tertiary/aromatic N) is 2. The van der Waals surface area contributed by atoms with Gasteiger partial charge >= 0.3 is 5.97 Å². The molecule has 7 heteroatoms. The van der Waals surface area contributed by atoms with E-state index < -0.39 is 5.97 Å². The van der Waals surface area contributed by atoms with Gasteiger partial charge in [-0.3, -0.25) is 0 Å². The summed E-state index contributed by atoms with van der Waals surface area (Å²) in [5, 5.41) is 13.1. The number of carbonyl (C=O) groups is 1. The zero-order valence-corrected chi connectivity index (χ0v) is 11.0. The number of thiol groups is 1. The average molecular weight is 280 g/mol. The van der Waals surface area contributed by atoms with E-state index >= 15 is 0 Å². The normalized spacial score (nSPS) is 10.2. The lowest BCUT2D eigenvalue weighted by Gasteiger charge is -2.11. The lowest BCUT2D eigenvalue weighted by atomic mass is 10.1. The molecule has 0 aliphatic carbocycles. The predicted octanol–water partition coefficient (Wildman–Crippen LogP) is 1.86. The van der Waals surface area contributed by atoms with Crippen LogP contribution >= 0.6 is 12.8 Å². The molecule has 1 aromatic carbocycles. The molecule has 0 saturated carbocycles. The summed E-state index contributed by atoms with van der Waals surface area (Å²) < 4.78 is 11.9. The van der Waals surface area contributed by atoms with Crippen molar-refractivity contribution in [1.82, 2.24) is 9.19 Å². The Morgan fingerprint density at radius 1 is 1.47 bits per heavy atom. The summed E-state index contributed by atoms with van der Waals surface area (Å²) in [6.45, 7) is 0.0520. The lowest BCUT2D eigenvalue weighted by molar-refractivity contribution is 0.0693. The van der Waals surface area contributed by atoms with E-state index in [4.69, 9.17) is 14.6 Å². The maximum atomic E-state index is 11.2. The number of rotatable bonds is 5. The molecule has 0 saturated heterocycles. The summed E-state index contributed by atoms with van der Waals surface area (Å²) in [7, 11) is 1.48. The van der Waals surface area contributed by atoms with Gasteiger partial charge in [-0.25, -0.2) is 8.88 Å². The highest BCUT2D eigenvalue weighted by molar-refractivity contribution is 7.78. The van der Waals surface area contributed by atoms with E-state index in [1.165, 1.54) is 17.3 Å². The van der Waals surface area contributed by atoms with Crippen LogP contribution in [0, 0.1) is 0 Å². The van der Waals surface area contributed by atoms with Gasteiger partial charge in [0, 0.05) is 17.8 Å². The zero-order valence-electron chi connectivity index (χ0n) is 10.1. The Hall–Kier alpha value is -2.15. The van der Waals surface area contributed by atoms with Crippen LogP contribution in [0.3, 0.4) is 0 Å². The van der Waals surface area contributed by atoms with E-state index in [0.29, 0.717) is 17.2 Å². The molecule has 0 amide bonds. The highest BCUT2D eigenvalue weighted by atomic mass is 32.1. The van der Waals surface area contributed by atoms with E-state index in [0.717, 1.165) is 0 Å². The third-order valence-electron chi connectivity index (χ3n) is 2.50. The summed E-state index contributed by atoms with van der Waals surface area (Å²) in [5.41, 5.74) is 0.607. The third kappa shape index (κ3) is 3.00. The van der Waals surface area contributed by atoms with Gasteiger partial charge < -0.3 is 14.6 Å². The summed E-state index contributed by atoms with van der Waals surface area (Å²) in [6.07, 6.45) is 1.61. The SMILES string of the molecule is COc1cccc(C(=O)O)c1COc1ccn(S)n1. The molecule has 0 unspecified atom stereocenters. The number of aromatic nitrogens is 2. The van der Waals surface area contributed by atoms with Crippen LogP contribution in [0.15, 0.2) is 30.5 Å². The number of hydrogen-bond acceptors (Lipinski definition) is 5. The largest absolute Gasteiger partial charge is 0.496 e. The fraction of sp³-hybridized carbons (Fsp3) is 0.167. The first-order chi connectivity index (χ1) is 9.11. The smallest absolute Gasteiger partial charge is 0.336 e. The average Bonchev–Trinajstić information content (AvgIpc) is 2.81. The molecule has 1 aromatic heterocycles. The van der Waals surface area contributed by atoms with E-state index in [2.05, 4.69) is 17.9 Å². The Kier molecular flexibility index (Phi) is 3.96. The molecule has 0 aliphatic heterocycles. The number of carboxylic acid groups (broad SMARTS) is 1. The Balaban J connectivity index is 2.25. The number of ether oxygens (including phenoxy) is 2. The van der Waals surface area contributed by atoms with Crippen molar-refractivity contribution in [3.05, 3.63) is 41.6 Å². The van der Waals surface area contributed by atoms with Crippen molar-refractivity contribution in [2.24, 2.45) is 0 Å². The molecule has 100 valence electrons.